The number of halogens is 1. The Morgan fingerprint density at radius 1 is 1.03 bits per heavy atom. The Morgan fingerprint density at radius 3 is 2.32 bits per heavy atom. The molecule has 0 saturated heterocycles. The van der Waals surface area contributed by atoms with Crippen LogP contribution in [0.3, 0.4) is 0 Å². The van der Waals surface area contributed by atoms with Crippen molar-refractivity contribution >= 4 is 41.2 Å². The highest BCUT2D eigenvalue weighted by atomic mass is 35.5. The Kier molecular flexibility index (Phi) is 8.83. The summed E-state index contributed by atoms with van der Waals surface area (Å²) < 4.78 is 9.87. The molecule has 0 fully saturated rings. The standard InChI is InChI=1S/C21H22ClN3O6/c1-2-30-20(28)13-7-9-14(10-8-13)24-18(26)12-31-19(27)11-17(25-21(23)29)15-5-3-4-6-16(15)22/h3-10,17H,2,11-12H2,1H3,(H,24,26)(H3,23,25,29). The van der Waals surface area contributed by atoms with E-state index in [9.17, 15) is 19.2 Å². The number of primary amides is 1. The number of nitrogens with two attached hydrogens (primary N) is 1. The highest BCUT2D eigenvalue weighted by Crippen LogP contribution is 2.25. The minimum atomic E-state index is -0.832. The van der Waals surface area contributed by atoms with Gasteiger partial charge in [0.2, 0.25) is 0 Å². The van der Waals surface area contributed by atoms with E-state index in [4.69, 9.17) is 26.8 Å². The highest BCUT2D eigenvalue weighted by molar-refractivity contribution is 6.31. The molecule has 1 atom stereocenters. The second-order valence-electron chi connectivity index (χ2n) is 6.29. The van der Waals surface area contributed by atoms with Crippen molar-refractivity contribution < 1.29 is 28.7 Å². The fraction of sp³-hybridized carbons (Fsp3) is 0.238. The Hall–Kier alpha value is -3.59. The number of anilines is 1. The molecule has 2 aromatic carbocycles. The maximum atomic E-state index is 12.2. The van der Waals surface area contributed by atoms with Crippen molar-refractivity contribution in [2.24, 2.45) is 5.73 Å². The lowest BCUT2D eigenvalue weighted by Crippen LogP contribution is -2.35. The molecule has 31 heavy (non-hydrogen) atoms. The van der Waals surface area contributed by atoms with Gasteiger partial charge in [-0.1, -0.05) is 29.8 Å². The third-order valence-corrected chi connectivity index (χ3v) is 4.36. The van der Waals surface area contributed by atoms with Crippen molar-refractivity contribution in [1.82, 2.24) is 5.32 Å². The van der Waals surface area contributed by atoms with Crippen LogP contribution in [0.4, 0.5) is 10.5 Å². The van der Waals surface area contributed by atoms with Crippen LogP contribution < -0.4 is 16.4 Å². The quantitative estimate of drug-likeness (QED) is 0.505. The monoisotopic (exact) mass is 447 g/mol. The first-order valence-corrected chi connectivity index (χ1v) is 9.71. The van der Waals surface area contributed by atoms with E-state index in [0.29, 0.717) is 21.8 Å². The lowest BCUT2D eigenvalue weighted by Gasteiger charge is -2.18. The molecule has 1 unspecified atom stereocenters. The fourth-order valence-electron chi connectivity index (χ4n) is 2.64. The first kappa shape index (κ1) is 23.7. The first-order valence-electron chi connectivity index (χ1n) is 9.33. The summed E-state index contributed by atoms with van der Waals surface area (Å²) in [6.07, 6.45) is -0.270. The second-order valence-corrected chi connectivity index (χ2v) is 6.70. The van der Waals surface area contributed by atoms with Gasteiger partial charge in [-0.25, -0.2) is 9.59 Å². The largest absolute Gasteiger partial charge is 0.462 e. The summed E-state index contributed by atoms with van der Waals surface area (Å²) in [5.74, 6) is -1.77. The van der Waals surface area contributed by atoms with Crippen LogP contribution in [-0.4, -0.2) is 37.1 Å². The molecule has 0 aliphatic carbocycles. The number of urea groups is 1. The van der Waals surface area contributed by atoms with Crippen LogP contribution in [0.25, 0.3) is 0 Å². The molecular formula is C21H22ClN3O6. The van der Waals surface area contributed by atoms with Crippen LogP contribution in [0.2, 0.25) is 5.02 Å². The van der Waals surface area contributed by atoms with E-state index in [0.717, 1.165) is 0 Å². The van der Waals surface area contributed by atoms with Gasteiger partial charge < -0.3 is 25.8 Å². The number of carbonyl (C=O) groups excluding carboxylic acids is 4. The van der Waals surface area contributed by atoms with Gasteiger partial charge in [0, 0.05) is 10.7 Å². The fourth-order valence-corrected chi connectivity index (χ4v) is 2.91. The van der Waals surface area contributed by atoms with E-state index in [-0.39, 0.29) is 13.0 Å². The second kappa shape index (κ2) is 11.6. The smallest absolute Gasteiger partial charge is 0.338 e. The van der Waals surface area contributed by atoms with Crippen LogP contribution in [0.1, 0.15) is 35.3 Å². The molecule has 164 valence electrons. The summed E-state index contributed by atoms with van der Waals surface area (Å²) in [5.41, 5.74) is 6.43. The molecule has 0 heterocycles. The maximum Gasteiger partial charge on any atom is 0.338 e. The number of carbonyl (C=O) groups is 4. The number of amides is 3. The number of ether oxygens (including phenoxy) is 2. The van der Waals surface area contributed by atoms with Gasteiger partial charge in [-0.2, -0.15) is 0 Å². The summed E-state index contributed by atoms with van der Waals surface area (Å²) in [6, 6.07) is 11.1. The number of hydrogen-bond donors (Lipinski definition) is 3. The summed E-state index contributed by atoms with van der Waals surface area (Å²) in [5, 5.41) is 5.32. The van der Waals surface area contributed by atoms with Crippen LogP contribution in [0, 0.1) is 0 Å². The molecule has 4 N–H and O–H groups in total. The zero-order chi connectivity index (χ0) is 22.8. The van der Waals surface area contributed by atoms with Crippen LogP contribution in [0.15, 0.2) is 48.5 Å². The summed E-state index contributed by atoms with van der Waals surface area (Å²) in [4.78, 5) is 47.1. The van der Waals surface area contributed by atoms with E-state index in [1.54, 1.807) is 31.2 Å². The summed E-state index contributed by atoms with van der Waals surface area (Å²) >= 11 is 6.11. The van der Waals surface area contributed by atoms with E-state index >= 15 is 0 Å². The average molecular weight is 448 g/mol. The molecule has 2 rings (SSSR count). The van der Waals surface area contributed by atoms with Crippen LogP contribution >= 0.6 is 11.6 Å². The van der Waals surface area contributed by atoms with Crippen molar-refractivity contribution in [3.05, 3.63) is 64.7 Å². The van der Waals surface area contributed by atoms with Crippen LogP contribution in [0.5, 0.6) is 0 Å². The van der Waals surface area contributed by atoms with Crippen LogP contribution in [-0.2, 0) is 19.1 Å². The van der Waals surface area contributed by atoms with Gasteiger partial charge in [-0.05, 0) is 42.8 Å². The molecule has 0 bridgehead atoms. The minimum Gasteiger partial charge on any atom is -0.462 e. The third kappa shape index (κ3) is 7.63. The lowest BCUT2D eigenvalue weighted by atomic mass is 10.0. The number of benzene rings is 2. The molecule has 0 saturated carbocycles. The van der Waals surface area contributed by atoms with E-state index in [1.807, 2.05) is 0 Å². The Bertz CT molecular complexity index is 948. The molecule has 0 aliphatic heterocycles. The van der Waals surface area contributed by atoms with Gasteiger partial charge in [0.25, 0.3) is 5.91 Å². The van der Waals surface area contributed by atoms with E-state index in [2.05, 4.69) is 10.6 Å². The number of hydrogen-bond acceptors (Lipinski definition) is 6. The molecular weight excluding hydrogens is 426 g/mol. The van der Waals surface area contributed by atoms with Gasteiger partial charge >= 0.3 is 18.0 Å². The Labute approximate surface area is 183 Å². The zero-order valence-corrected chi connectivity index (χ0v) is 17.5. The summed E-state index contributed by atoms with van der Waals surface area (Å²) in [7, 11) is 0. The molecule has 2 aromatic rings. The van der Waals surface area contributed by atoms with Gasteiger partial charge in [-0.15, -0.1) is 0 Å². The molecule has 0 radical (unpaired) electrons. The zero-order valence-electron chi connectivity index (χ0n) is 16.7. The Balaban J connectivity index is 1.89. The van der Waals surface area contributed by atoms with E-state index in [1.165, 1.54) is 24.3 Å². The van der Waals surface area contributed by atoms with Gasteiger partial charge in [0.05, 0.1) is 24.6 Å². The van der Waals surface area contributed by atoms with Crippen molar-refractivity contribution in [2.75, 3.05) is 18.5 Å². The molecule has 0 aliphatic rings. The SMILES string of the molecule is CCOC(=O)c1ccc(NC(=O)COC(=O)CC(NC(N)=O)c2ccccc2Cl)cc1. The average Bonchev–Trinajstić information content (AvgIpc) is 2.72. The number of esters is 2. The predicted molar refractivity (Wildman–Crippen MR) is 114 cm³/mol. The topological polar surface area (TPSA) is 137 Å². The molecule has 3 amide bonds. The summed E-state index contributed by atoms with van der Waals surface area (Å²) in [6.45, 7) is 1.42. The minimum absolute atomic E-state index is 0.259. The van der Waals surface area contributed by atoms with Crippen molar-refractivity contribution in [1.29, 1.82) is 0 Å². The molecule has 0 spiro atoms. The maximum absolute atomic E-state index is 12.2. The highest BCUT2D eigenvalue weighted by Gasteiger charge is 2.21. The van der Waals surface area contributed by atoms with Crippen molar-refractivity contribution in [3.63, 3.8) is 0 Å². The van der Waals surface area contributed by atoms with Crippen molar-refractivity contribution in [3.8, 4) is 0 Å². The van der Waals surface area contributed by atoms with Gasteiger partial charge in [-0.3, -0.25) is 9.59 Å². The third-order valence-electron chi connectivity index (χ3n) is 4.01. The molecule has 0 aromatic heterocycles. The van der Waals surface area contributed by atoms with E-state index < -0.39 is 36.5 Å². The predicted octanol–water partition coefficient (Wildman–Crippen LogP) is 2.80. The Morgan fingerprint density at radius 2 is 1.71 bits per heavy atom. The lowest BCUT2D eigenvalue weighted by molar-refractivity contribution is -0.147. The molecule has 9 nitrogen and oxygen atoms in total. The first-order chi connectivity index (χ1) is 14.8. The normalized spacial score (nSPS) is 11.2. The number of nitrogens with one attached hydrogen (secondary N) is 2. The number of rotatable bonds is 9. The van der Waals surface area contributed by atoms with Gasteiger partial charge in [0.15, 0.2) is 6.61 Å². The molecule has 10 heteroatoms. The van der Waals surface area contributed by atoms with Gasteiger partial charge in [0.1, 0.15) is 0 Å². The van der Waals surface area contributed by atoms with Crippen molar-refractivity contribution in [2.45, 2.75) is 19.4 Å².